The van der Waals surface area contributed by atoms with Crippen LogP contribution in [0.15, 0.2) is 30.6 Å². The van der Waals surface area contributed by atoms with Crippen molar-refractivity contribution in [1.82, 2.24) is 9.97 Å². The number of anilines is 1. The van der Waals surface area contributed by atoms with Gasteiger partial charge in [-0.2, -0.15) is 0 Å². The number of aryl methyl sites for hydroxylation is 1. The first-order valence-electron chi connectivity index (χ1n) is 5.35. The molecule has 5 nitrogen and oxygen atoms in total. The Morgan fingerprint density at radius 1 is 1.28 bits per heavy atom. The minimum Gasteiger partial charge on any atom is -0.383 e. The molecule has 0 aliphatic rings. The molecule has 18 heavy (non-hydrogen) atoms. The molecule has 0 aliphatic heterocycles. The predicted molar refractivity (Wildman–Crippen MR) is 68.9 cm³/mol. The number of nitrogens with one attached hydrogen (secondary N) is 1. The standard InChI is InChI=1S/C13H12N4O/c1-8-11(13(15)17-7-16-8)12(14)10-4-2-9(6-18)3-5-10/h2-7,14H,1H3,(H2,15,16,17). The van der Waals surface area contributed by atoms with Gasteiger partial charge < -0.3 is 5.73 Å². The van der Waals surface area contributed by atoms with Gasteiger partial charge >= 0.3 is 0 Å². The Balaban J connectivity index is 2.44. The first kappa shape index (κ1) is 11.9. The van der Waals surface area contributed by atoms with Crippen LogP contribution in [0.4, 0.5) is 5.82 Å². The summed E-state index contributed by atoms with van der Waals surface area (Å²) < 4.78 is 0. The van der Waals surface area contributed by atoms with Crippen molar-refractivity contribution < 1.29 is 4.79 Å². The van der Waals surface area contributed by atoms with Crippen LogP contribution in [0, 0.1) is 12.3 Å². The summed E-state index contributed by atoms with van der Waals surface area (Å²) in [7, 11) is 0. The van der Waals surface area contributed by atoms with Crippen LogP contribution in [-0.4, -0.2) is 22.0 Å². The van der Waals surface area contributed by atoms with Crippen LogP contribution >= 0.6 is 0 Å². The van der Waals surface area contributed by atoms with E-state index in [1.807, 2.05) is 0 Å². The summed E-state index contributed by atoms with van der Waals surface area (Å²) in [6, 6.07) is 6.73. The topological polar surface area (TPSA) is 92.7 Å². The zero-order valence-corrected chi connectivity index (χ0v) is 9.84. The Hall–Kier alpha value is -2.56. The number of hydrogen-bond donors (Lipinski definition) is 2. The van der Waals surface area contributed by atoms with Crippen molar-refractivity contribution in [2.24, 2.45) is 0 Å². The lowest BCUT2D eigenvalue weighted by atomic mass is 10.0. The van der Waals surface area contributed by atoms with Crippen LogP contribution in [0.2, 0.25) is 0 Å². The van der Waals surface area contributed by atoms with E-state index in [9.17, 15) is 4.79 Å². The maximum absolute atomic E-state index is 10.6. The molecular formula is C13H12N4O. The number of carbonyl (C=O) groups is 1. The van der Waals surface area contributed by atoms with E-state index in [0.29, 0.717) is 22.4 Å². The highest BCUT2D eigenvalue weighted by atomic mass is 16.1. The molecule has 0 fully saturated rings. The van der Waals surface area contributed by atoms with Crippen LogP contribution in [0.5, 0.6) is 0 Å². The number of carbonyl (C=O) groups excluding carboxylic acids is 1. The summed E-state index contributed by atoms with van der Waals surface area (Å²) in [6.07, 6.45) is 2.13. The van der Waals surface area contributed by atoms with E-state index in [-0.39, 0.29) is 11.5 Å². The van der Waals surface area contributed by atoms with Gasteiger partial charge in [0.1, 0.15) is 18.4 Å². The number of hydrogen-bond acceptors (Lipinski definition) is 5. The molecule has 0 unspecified atom stereocenters. The zero-order chi connectivity index (χ0) is 13.1. The number of nitrogens with two attached hydrogens (primary N) is 1. The fraction of sp³-hybridized carbons (Fsp3) is 0.0769. The first-order chi connectivity index (χ1) is 8.63. The minimum atomic E-state index is 0.253. The van der Waals surface area contributed by atoms with Crippen LogP contribution in [0.1, 0.15) is 27.2 Å². The third-order valence-corrected chi connectivity index (χ3v) is 2.65. The van der Waals surface area contributed by atoms with E-state index in [4.69, 9.17) is 11.1 Å². The Kier molecular flexibility index (Phi) is 3.14. The van der Waals surface area contributed by atoms with Gasteiger partial charge in [0.15, 0.2) is 0 Å². The van der Waals surface area contributed by atoms with Gasteiger partial charge in [-0.05, 0) is 6.92 Å². The van der Waals surface area contributed by atoms with Gasteiger partial charge in [0.25, 0.3) is 0 Å². The smallest absolute Gasteiger partial charge is 0.150 e. The van der Waals surface area contributed by atoms with E-state index >= 15 is 0 Å². The largest absolute Gasteiger partial charge is 0.383 e. The third kappa shape index (κ3) is 2.10. The van der Waals surface area contributed by atoms with Crippen molar-refractivity contribution in [3.8, 4) is 0 Å². The lowest BCUT2D eigenvalue weighted by Crippen LogP contribution is -2.10. The summed E-state index contributed by atoms with van der Waals surface area (Å²) in [5.74, 6) is 0.284. The van der Waals surface area contributed by atoms with E-state index in [1.54, 1.807) is 31.2 Å². The quantitative estimate of drug-likeness (QED) is 0.629. The van der Waals surface area contributed by atoms with E-state index in [1.165, 1.54) is 6.33 Å². The highest BCUT2D eigenvalue weighted by Crippen LogP contribution is 2.17. The van der Waals surface area contributed by atoms with E-state index < -0.39 is 0 Å². The fourth-order valence-electron chi connectivity index (χ4n) is 1.67. The van der Waals surface area contributed by atoms with Gasteiger partial charge in [-0.1, -0.05) is 24.3 Å². The number of aromatic nitrogens is 2. The highest BCUT2D eigenvalue weighted by molar-refractivity contribution is 6.14. The molecule has 0 spiro atoms. The predicted octanol–water partition coefficient (Wildman–Crippen LogP) is 1.60. The zero-order valence-electron chi connectivity index (χ0n) is 9.84. The van der Waals surface area contributed by atoms with Crippen molar-refractivity contribution in [2.45, 2.75) is 6.92 Å². The maximum Gasteiger partial charge on any atom is 0.150 e. The summed E-state index contributed by atoms with van der Waals surface area (Å²) in [5, 5.41) is 8.13. The second-order valence-electron chi connectivity index (χ2n) is 3.83. The molecule has 2 aromatic rings. The Morgan fingerprint density at radius 2 is 1.94 bits per heavy atom. The monoisotopic (exact) mass is 240 g/mol. The van der Waals surface area contributed by atoms with Crippen molar-refractivity contribution in [3.63, 3.8) is 0 Å². The molecule has 0 radical (unpaired) electrons. The van der Waals surface area contributed by atoms with Crippen LogP contribution in [0.25, 0.3) is 0 Å². The van der Waals surface area contributed by atoms with Gasteiger partial charge in [-0.3, -0.25) is 10.2 Å². The van der Waals surface area contributed by atoms with Crippen molar-refractivity contribution in [1.29, 1.82) is 5.41 Å². The molecule has 5 heteroatoms. The molecule has 2 rings (SSSR count). The van der Waals surface area contributed by atoms with Crippen LogP contribution in [-0.2, 0) is 0 Å². The van der Waals surface area contributed by atoms with E-state index in [2.05, 4.69) is 9.97 Å². The molecule has 0 saturated carbocycles. The van der Waals surface area contributed by atoms with Gasteiger partial charge in [0.05, 0.1) is 17.0 Å². The van der Waals surface area contributed by atoms with Gasteiger partial charge in [0.2, 0.25) is 0 Å². The SMILES string of the molecule is Cc1ncnc(N)c1C(=N)c1ccc(C=O)cc1. The molecular weight excluding hydrogens is 228 g/mol. The molecule has 0 saturated heterocycles. The normalized spacial score (nSPS) is 10.1. The molecule has 1 heterocycles. The fourth-order valence-corrected chi connectivity index (χ4v) is 1.67. The van der Waals surface area contributed by atoms with Crippen LogP contribution in [0.3, 0.4) is 0 Å². The summed E-state index contributed by atoms with van der Waals surface area (Å²) in [4.78, 5) is 18.5. The van der Waals surface area contributed by atoms with Gasteiger partial charge in [-0.15, -0.1) is 0 Å². The molecule has 1 aromatic heterocycles. The Bertz CT molecular complexity index is 585. The molecule has 3 N–H and O–H groups in total. The number of nitrogens with zero attached hydrogens (tertiary/aromatic N) is 2. The van der Waals surface area contributed by atoms with Crippen molar-refractivity contribution >= 4 is 17.8 Å². The van der Waals surface area contributed by atoms with Gasteiger partial charge in [-0.25, -0.2) is 9.97 Å². The summed E-state index contributed by atoms with van der Waals surface area (Å²) >= 11 is 0. The van der Waals surface area contributed by atoms with E-state index in [0.717, 1.165) is 6.29 Å². The maximum atomic E-state index is 10.6. The number of benzene rings is 1. The minimum absolute atomic E-state index is 0.253. The lowest BCUT2D eigenvalue weighted by Gasteiger charge is -2.09. The number of aldehydes is 1. The van der Waals surface area contributed by atoms with Crippen molar-refractivity contribution in [2.75, 3.05) is 5.73 Å². The second-order valence-corrected chi connectivity index (χ2v) is 3.83. The average Bonchev–Trinajstić information content (AvgIpc) is 2.38. The summed E-state index contributed by atoms with van der Waals surface area (Å²) in [6.45, 7) is 1.78. The first-order valence-corrected chi connectivity index (χ1v) is 5.35. The molecule has 90 valence electrons. The molecule has 1 aromatic carbocycles. The molecule has 0 aliphatic carbocycles. The average molecular weight is 240 g/mol. The summed E-state index contributed by atoms with van der Waals surface area (Å²) in [5.41, 5.74) is 8.45. The number of nitrogen functional groups attached to an aromatic ring is 1. The third-order valence-electron chi connectivity index (χ3n) is 2.65. The highest BCUT2D eigenvalue weighted by Gasteiger charge is 2.13. The second kappa shape index (κ2) is 4.75. The van der Waals surface area contributed by atoms with Crippen molar-refractivity contribution in [3.05, 3.63) is 53.0 Å². The molecule has 0 bridgehead atoms. The van der Waals surface area contributed by atoms with Gasteiger partial charge in [0, 0.05) is 11.1 Å². The van der Waals surface area contributed by atoms with Crippen LogP contribution < -0.4 is 5.73 Å². The Labute approximate surface area is 104 Å². The Morgan fingerprint density at radius 3 is 2.50 bits per heavy atom. The molecule has 0 amide bonds. The molecule has 0 atom stereocenters. The lowest BCUT2D eigenvalue weighted by molar-refractivity contribution is 0.112. The number of rotatable bonds is 3.